The van der Waals surface area contributed by atoms with E-state index >= 15 is 0 Å². The number of carbonyl (C=O) groups excluding carboxylic acids is 2. The first kappa shape index (κ1) is 19.9. The van der Waals surface area contributed by atoms with Crippen LogP contribution in [0.3, 0.4) is 0 Å². The van der Waals surface area contributed by atoms with Gasteiger partial charge in [-0.3, -0.25) is 14.0 Å². The summed E-state index contributed by atoms with van der Waals surface area (Å²) in [6, 6.07) is 16.0. The predicted octanol–water partition coefficient (Wildman–Crippen LogP) is 3.11. The van der Waals surface area contributed by atoms with Crippen molar-refractivity contribution in [1.82, 2.24) is 14.7 Å². The zero-order valence-electron chi connectivity index (χ0n) is 16.8. The molecule has 3 N–H and O–H groups in total. The van der Waals surface area contributed by atoms with E-state index in [1.54, 1.807) is 28.8 Å². The van der Waals surface area contributed by atoms with Gasteiger partial charge in [-0.05, 0) is 41.5 Å². The number of nitrogens with zero attached hydrogens (tertiary/aromatic N) is 2. The van der Waals surface area contributed by atoms with Gasteiger partial charge < -0.3 is 15.7 Å². The quantitative estimate of drug-likeness (QED) is 0.464. The second kappa shape index (κ2) is 7.90. The minimum Gasteiger partial charge on any atom is -0.390 e. The van der Waals surface area contributed by atoms with Gasteiger partial charge in [-0.2, -0.15) is 0 Å². The fourth-order valence-corrected chi connectivity index (χ4v) is 4.02. The van der Waals surface area contributed by atoms with Gasteiger partial charge in [0.05, 0.1) is 24.0 Å². The highest BCUT2D eigenvalue weighted by molar-refractivity contribution is 6.04. The lowest BCUT2D eigenvalue weighted by Gasteiger charge is -2.18. The molecule has 0 radical (unpaired) electrons. The molecule has 4 aromatic rings. The van der Waals surface area contributed by atoms with Crippen molar-refractivity contribution in [2.45, 2.75) is 18.6 Å². The Kier molecular flexibility index (Phi) is 4.91. The molecule has 32 heavy (non-hydrogen) atoms. The summed E-state index contributed by atoms with van der Waals surface area (Å²) in [5, 5.41) is 15.7. The van der Waals surface area contributed by atoms with Crippen LogP contribution in [0.2, 0.25) is 0 Å². The van der Waals surface area contributed by atoms with Gasteiger partial charge in [0.15, 0.2) is 0 Å². The smallest absolute Gasteiger partial charge is 0.274 e. The summed E-state index contributed by atoms with van der Waals surface area (Å²) < 4.78 is 16.0. The zero-order valence-corrected chi connectivity index (χ0v) is 16.8. The van der Waals surface area contributed by atoms with E-state index in [1.807, 2.05) is 24.3 Å². The molecular formula is C24H19FN4O3. The number of nitrogens with one attached hydrogen (secondary N) is 2. The fraction of sp³-hybridized carbons (Fsp3) is 0.125. The molecule has 7 nitrogen and oxygen atoms in total. The maximum absolute atomic E-state index is 14.4. The summed E-state index contributed by atoms with van der Waals surface area (Å²) in [5.74, 6) is -1.70. The molecule has 2 amide bonds. The molecule has 8 heteroatoms. The SMILES string of the molecule is O=C(N[C@H]1c2ccccc2C[C@H]1O)c1ccc(F)c(NC(=O)c2cnc3ccccn23)c1. The van der Waals surface area contributed by atoms with E-state index in [9.17, 15) is 19.1 Å². The third-order valence-electron chi connectivity index (χ3n) is 5.62. The van der Waals surface area contributed by atoms with Crippen LogP contribution in [0, 0.1) is 5.82 Å². The average molecular weight is 430 g/mol. The summed E-state index contributed by atoms with van der Waals surface area (Å²) in [7, 11) is 0. The van der Waals surface area contributed by atoms with Crippen molar-refractivity contribution in [3.63, 3.8) is 0 Å². The first-order valence-corrected chi connectivity index (χ1v) is 10.1. The number of halogens is 1. The minimum atomic E-state index is -0.744. The molecule has 2 heterocycles. The number of aliphatic hydroxyl groups is 1. The highest BCUT2D eigenvalue weighted by Crippen LogP contribution is 2.31. The second-order valence-electron chi connectivity index (χ2n) is 7.64. The molecule has 0 saturated heterocycles. The number of imidazole rings is 1. The summed E-state index contributed by atoms with van der Waals surface area (Å²) in [4.78, 5) is 29.7. The molecule has 0 bridgehead atoms. The molecule has 160 valence electrons. The molecule has 1 aliphatic rings. The van der Waals surface area contributed by atoms with E-state index in [0.717, 1.165) is 17.2 Å². The van der Waals surface area contributed by atoms with E-state index in [0.29, 0.717) is 12.1 Å². The van der Waals surface area contributed by atoms with Crippen molar-refractivity contribution in [2.75, 3.05) is 5.32 Å². The van der Waals surface area contributed by atoms with Crippen LogP contribution in [0.4, 0.5) is 10.1 Å². The molecule has 5 rings (SSSR count). The van der Waals surface area contributed by atoms with Crippen molar-refractivity contribution < 1.29 is 19.1 Å². The van der Waals surface area contributed by atoms with Gasteiger partial charge in [0.2, 0.25) is 0 Å². The lowest BCUT2D eigenvalue weighted by Crippen LogP contribution is -2.34. The number of amides is 2. The van der Waals surface area contributed by atoms with Gasteiger partial charge in [-0.15, -0.1) is 0 Å². The number of aliphatic hydroxyl groups excluding tert-OH is 1. The van der Waals surface area contributed by atoms with Gasteiger partial charge in [-0.25, -0.2) is 9.37 Å². The van der Waals surface area contributed by atoms with E-state index in [-0.39, 0.29) is 16.9 Å². The van der Waals surface area contributed by atoms with E-state index < -0.39 is 29.8 Å². The van der Waals surface area contributed by atoms with Crippen molar-refractivity contribution in [1.29, 1.82) is 0 Å². The standard InChI is InChI=1S/C24H19FN4O3/c25-17-9-8-15(23(31)28-22-16-6-2-1-5-14(16)12-20(22)30)11-18(17)27-24(32)19-13-26-21-7-3-4-10-29(19)21/h1-11,13,20,22,30H,12H2,(H,27,32)(H,28,31)/t20-,22+/m1/s1. The number of rotatable bonds is 4. The summed E-state index contributed by atoms with van der Waals surface area (Å²) in [5.41, 5.74) is 2.70. The number of fused-ring (bicyclic) bond motifs is 2. The van der Waals surface area contributed by atoms with E-state index in [1.165, 1.54) is 18.3 Å². The number of anilines is 1. The molecule has 0 spiro atoms. The van der Waals surface area contributed by atoms with E-state index in [4.69, 9.17) is 0 Å². The van der Waals surface area contributed by atoms with Crippen LogP contribution in [0.5, 0.6) is 0 Å². The largest absolute Gasteiger partial charge is 0.390 e. The average Bonchev–Trinajstić information content (AvgIpc) is 3.36. The molecule has 2 aromatic heterocycles. The van der Waals surface area contributed by atoms with Crippen LogP contribution in [0.1, 0.15) is 38.0 Å². The van der Waals surface area contributed by atoms with Crippen LogP contribution in [0.25, 0.3) is 5.65 Å². The Morgan fingerprint density at radius 2 is 1.88 bits per heavy atom. The predicted molar refractivity (Wildman–Crippen MR) is 116 cm³/mol. The van der Waals surface area contributed by atoms with Crippen LogP contribution in [0.15, 0.2) is 73.1 Å². The molecular weight excluding hydrogens is 411 g/mol. The molecule has 2 atom stereocenters. The van der Waals surface area contributed by atoms with Gasteiger partial charge in [0, 0.05) is 18.2 Å². The number of aromatic nitrogens is 2. The Morgan fingerprint density at radius 1 is 1.06 bits per heavy atom. The van der Waals surface area contributed by atoms with Gasteiger partial charge in [0.25, 0.3) is 11.8 Å². The van der Waals surface area contributed by atoms with Crippen molar-refractivity contribution in [3.05, 3.63) is 101 Å². The number of benzene rings is 2. The summed E-state index contributed by atoms with van der Waals surface area (Å²) in [6.07, 6.45) is 2.79. The maximum atomic E-state index is 14.4. The first-order valence-electron chi connectivity index (χ1n) is 10.1. The fourth-order valence-electron chi connectivity index (χ4n) is 4.02. The molecule has 0 unspecified atom stereocenters. The molecule has 0 fully saturated rings. The third kappa shape index (κ3) is 3.50. The topological polar surface area (TPSA) is 95.7 Å². The number of carbonyl (C=O) groups is 2. The lowest BCUT2D eigenvalue weighted by molar-refractivity contribution is 0.0857. The van der Waals surface area contributed by atoms with Crippen LogP contribution in [-0.4, -0.2) is 32.4 Å². The Hall–Kier alpha value is -4.04. The molecule has 2 aromatic carbocycles. The minimum absolute atomic E-state index is 0.124. The molecule has 1 aliphatic carbocycles. The summed E-state index contributed by atoms with van der Waals surface area (Å²) >= 11 is 0. The van der Waals surface area contributed by atoms with Crippen LogP contribution >= 0.6 is 0 Å². The molecule has 0 aliphatic heterocycles. The zero-order chi connectivity index (χ0) is 22.2. The summed E-state index contributed by atoms with van der Waals surface area (Å²) in [6.45, 7) is 0. The van der Waals surface area contributed by atoms with E-state index in [2.05, 4.69) is 15.6 Å². The Bertz CT molecular complexity index is 1350. The van der Waals surface area contributed by atoms with Crippen LogP contribution < -0.4 is 10.6 Å². The highest BCUT2D eigenvalue weighted by Gasteiger charge is 2.32. The first-order chi connectivity index (χ1) is 15.5. The van der Waals surface area contributed by atoms with Crippen molar-refractivity contribution >= 4 is 23.1 Å². The van der Waals surface area contributed by atoms with Crippen LogP contribution in [-0.2, 0) is 6.42 Å². The lowest BCUT2D eigenvalue weighted by atomic mass is 10.1. The van der Waals surface area contributed by atoms with Gasteiger partial charge in [0.1, 0.15) is 17.2 Å². The maximum Gasteiger partial charge on any atom is 0.274 e. The third-order valence-corrected chi connectivity index (χ3v) is 5.62. The Balaban J connectivity index is 1.37. The van der Waals surface area contributed by atoms with Crippen molar-refractivity contribution in [3.8, 4) is 0 Å². The highest BCUT2D eigenvalue weighted by atomic mass is 19.1. The number of hydrogen-bond acceptors (Lipinski definition) is 4. The van der Waals surface area contributed by atoms with Gasteiger partial charge in [-0.1, -0.05) is 30.3 Å². The Morgan fingerprint density at radius 3 is 2.75 bits per heavy atom. The van der Waals surface area contributed by atoms with Crippen molar-refractivity contribution in [2.24, 2.45) is 0 Å². The normalized spacial score (nSPS) is 17.2. The number of hydrogen-bond donors (Lipinski definition) is 3. The van der Waals surface area contributed by atoms with Gasteiger partial charge >= 0.3 is 0 Å². The number of pyridine rings is 1. The Labute approximate surface area is 182 Å². The monoisotopic (exact) mass is 430 g/mol. The molecule has 0 saturated carbocycles. The second-order valence-corrected chi connectivity index (χ2v) is 7.64.